The quantitative estimate of drug-likeness (QED) is 0.218. The Morgan fingerprint density at radius 1 is 0.818 bits per heavy atom. The smallest absolute Gasteiger partial charge is 0.264 e. The second-order valence-corrected chi connectivity index (χ2v) is 15.4. The lowest BCUT2D eigenvalue weighted by Crippen LogP contribution is -2.42. The van der Waals surface area contributed by atoms with Crippen LogP contribution in [-0.4, -0.2) is 40.1 Å². The van der Waals surface area contributed by atoms with Gasteiger partial charge < -0.3 is 5.32 Å². The van der Waals surface area contributed by atoms with Crippen LogP contribution >= 0.6 is 11.6 Å². The number of sulfonamides is 2. The second kappa shape index (κ2) is 13.1. The molecule has 0 bridgehead atoms. The van der Waals surface area contributed by atoms with Gasteiger partial charge in [0.2, 0.25) is 10.0 Å². The van der Waals surface area contributed by atoms with Gasteiger partial charge in [0.15, 0.2) is 0 Å². The Kier molecular flexibility index (Phi) is 9.45. The molecule has 0 aromatic heterocycles. The first kappa shape index (κ1) is 31.7. The van der Waals surface area contributed by atoms with E-state index < -0.39 is 26.0 Å². The van der Waals surface area contributed by atoms with Gasteiger partial charge in [-0.3, -0.25) is 9.10 Å². The fourth-order valence-electron chi connectivity index (χ4n) is 5.48. The maximum absolute atomic E-state index is 14.0. The van der Waals surface area contributed by atoms with E-state index in [1.54, 1.807) is 30.3 Å². The van der Waals surface area contributed by atoms with Crippen molar-refractivity contribution >= 4 is 48.9 Å². The lowest BCUT2D eigenvalue weighted by atomic mass is 9.94. The van der Waals surface area contributed by atoms with Crippen molar-refractivity contribution in [3.63, 3.8) is 0 Å². The summed E-state index contributed by atoms with van der Waals surface area (Å²) in [5, 5.41) is 2.78. The van der Waals surface area contributed by atoms with E-state index in [1.165, 1.54) is 51.1 Å². The van der Waals surface area contributed by atoms with Crippen LogP contribution in [0.25, 0.3) is 0 Å². The van der Waals surface area contributed by atoms with Crippen LogP contribution in [0.2, 0.25) is 5.02 Å². The van der Waals surface area contributed by atoms with Gasteiger partial charge in [0.25, 0.3) is 15.9 Å². The minimum absolute atomic E-state index is 0.0338. The van der Waals surface area contributed by atoms with Crippen LogP contribution < -0.4 is 9.62 Å². The molecule has 44 heavy (non-hydrogen) atoms. The third-order valence-corrected chi connectivity index (χ3v) is 11.5. The molecule has 1 saturated heterocycles. The molecule has 1 N–H and O–H groups in total. The van der Waals surface area contributed by atoms with Crippen LogP contribution in [0.1, 0.15) is 36.2 Å². The van der Waals surface area contributed by atoms with Gasteiger partial charge in [-0.05, 0) is 78.4 Å². The number of carbonyl (C=O) groups excluding carboxylic acids is 1. The summed E-state index contributed by atoms with van der Waals surface area (Å²) in [6, 6.07) is 27.9. The molecule has 4 aromatic carbocycles. The molecule has 0 spiro atoms. The van der Waals surface area contributed by atoms with Crippen molar-refractivity contribution in [2.75, 3.05) is 22.7 Å². The van der Waals surface area contributed by atoms with Crippen LogP contribution in [0.3, 0.4) is 0 Å². The van der Waals surface area contributed by atoms with Crippen molar-refractivity contribution in [3.8, 4) is 0 Å². The highest BCUT2D eigenvalue weighted by Crippen LogP contribution is 2.30. The monoisotopic (exact) mass is 651 g/mol. The molecular weight excluding hydrogens is 618 g/mol. The summed E-state index contributed by atoms with van der Waals surface area (Å²) >= 11 is 6.37. The summed E-state index contributed by atoms with van der Waals surface area (Å²) in [5.41, 5.74) is 1.57. The first-order valence-electron chi connectivity index (χ1n) is 14.3. The number of para-hydroxylation sites is 1. The number of amides is 1. The molecule has 11 heteroatoms. The summed E-state index contributed by atoms with van der Waals surface area (Å²) in [7, 11) is -7.79. The summed E-state index contributed by atoms with van der Waals surface area (Å²) in [5.74, 6) is -0.0836. The normalized spacial score (nSPS) is 17.6. The van der Waals surface area contributed by atoms with Gasteiger partial charge in [0.05, 0.1) is 32.6 Å². The lowest BCUT2D eigenvalue weighted by molar-refractivity contribution is 0.102. The van der Waals surface area contributed by atoms with Crippen LogP contribution in [0.15, 0.2) is 113 Å². The third-order valence-electron chi connectivity index (χ3n) is 7.57. The molecule has 0 aliphatic carbocycles. The highest BCUT2D eigenvalue weighted by molar-refractivity contribution is 7.92. The highest BCUT2D eigenvalue weighted by Gasteiger charge is 2.32. The number of hydrogen-bond acceptors (Lipinski definition) is 5. The van der Waals surface area contributed by atoms with E-state index in [-0.39, 0.29) is 38.8 Å². The number of anilines is 2. The van der Waals surface area contributed by atoms with Gasteiger partial charge >= 0.3 is 0 Å². The number of benzene rings is 4. The molecular formula is C33H34ClN3O5S2. The van der Waals surface area contributed by atoms with Crippen molar-refractivity contribution in [2.24, 2.45) is 11.8 Å². The Balaban J connectivity index is 1.38. The number of nitrogens with zero attached hydrogens (tertiary/aromatic N) is 2. The van der Waals surface area contributed by atoms with Crippen molar-refractivity contribution < 1.29 is 21.6 Å². The molecule has 2 atom stereocenters. The summed E-state index contributed by atoms with van der Waals surface area (Å²) in [6.07, 6.45) is 0.985. The predicted molar refractivity (Wildman–Crippen MR) is 174 cm³/mol. The van der Waals surface area contributed by atoms with Crippen LogP contribution in [0, 0.1) is 11.8 Å². The number of nitrogens with one attached hydrogen (secondary N) is 1. The molecule has 1 heterocycles. The molecule has 1 aliphatic heterocycles. The van der Waals surface area contributed by atoms with E-state index in [4.69, 9.17) is 11.6 Å². The topological polar surface area (TPSA) is 104 Å². The first-order valence-corrected chi connectivity index (χ1v) is 17.5. The molecule has 0 unspecified atom stereocenters. The van der Waals surface area contributed by atoms with Crippen molar-refractivity contribution in [1.29, 1.82) is 0 Å². The van der Waals surface area contributed by atoms with Crippen molar-refractivity contribution in [2.45, 2.75) is 36.6 Å². The minimum Gasteiger partial charge on any atom is -0.322 e. The van der Waals surface area contributed by atoms with Crippen LogP contribution in [-0.2, 0) is 26.6 Å². The second-order valence-electron chi connectivity index (χ2n) is 11.2. The van der Waals surface area contributed by atoms with E-state index in [0.29, 0.717) is 24.5 Å². The zero-order valence-electron chi connectivity index (χ0n) is 24.4. The molecule has 8 nitrogen and oxygen atoms in total. The molecule has 4 aromatic rings. The number of halogens is 1. The summed E-state index contributed by atoms with van der Waals surface area (Å²) < 4.78 is 57.2. The fraction of sp³-hybridized carbons (Fsp3) is 0.242. The van der Waals surface area contributed by atoms with E-state index in [2.05, 4.69) is 5.32 Å². The van der Waals surface area contributed by atoms with E-state index in [1.807, 2.05) is 44.2 Å². The van der Waals surface area contributed by atoms with E-state index in [9.17, 15) is 21.6 Å². The molecule has 0 radical (unpaired) electrons. The zero-order valence-corrected chi connectivity index (χ0v) is 26.8. The van der Waals surface area contributed by atoms with Gasteiger partial charge in [-0.2, -0.15) is 4.31 Å². The largest absolute Gasteiger partial charge is 0.322 e. The lowest BCUT2D eigenvalue weighted by Gasteiger charge is -2.34. The SMILES string of the molecule is C[C@@H]1C[C@@H](C)CN(S(=O)(=O)c2ccc(NC(=O)c3cc(S(=O)(=O)N(Cc4ccccc4)c4ccccc4)ccc3Cl)cc2)C1. The van der Waals surface area contributed by atoms with Crippen molar-refractivity contribution in [3.05, 3.63) is 119 Å². The number of piperidine rings is 1. The number of carbonyl (C=O) groups is 1. The summed E-state index contributed by atoms with van der Waals surface area (Å²) in [4.78, 5) is 13.4. The first-order chi connectivity index (χ1) is 20.9. The van der Waals surface area contributed by atoms with E-state index >= 15 is 0 Å². The van der Waals surface area contributed by atoms with Gasteiger partial charge in [0.1, 0.15) is 0 Å². The van der Waals surface area contributed by atoms with Gasteiger partial charge in [0, 0.05) is 18.8 Å². The molecule has 230 valence electrons. The Hall–Kier alpha value is -3.70. The van der Waals surface area contributed by atoms with Gasteiger partial charge in [-0.1, -0.05) is 74.0 Å². The Bertz CT molecular complexity index is 1830. The highest BCUT2D eigenvalue weighted by atomic mass is 35.5. The van der Waals surface area contributed by atoms with Crippen molar-refractivity contribution in [1.82, 2.24) is 4.31 Å². The fourth-order valence-corrected chi connectivity index (χ4v) is 8.85. The Morgan fingerprint density at radius 3 is 2.00 bits per heavy atom. The zero-order chi connectivity index (χ0) is 31.5. The third kappa shape index (κ3) is 6.99. The van der Waals surface area contributed by atoms with Crippen LogP contribution in [0.4, 0.5) is 11.4 Å². The molecule has 1 aliphatic rings. The predicted octanol–water partition coefficient (Wildman–Crippen LogP) is 6.65. The Morgan fingerprint density at radius 2 is 1.39 bits per heavy atom. The molecule has 1 fully saturated rings. The average Bonchev–Trinajstić information content (AvgIpc) is 3.00. The maximum Gasteiger partial charge on any atom is 0.264 e. The minimum atomic E-state index is -4.12. The molecule has 5 rings (SSSR count). The van der Waals surface area contributed by atoms with Crippen LogP contribution in [0.5, 0.6) is 0 Å². The summed E-state index contributed by atoms with van der Waals surface area (Å²) in [6.45, 7) is 5.11. The van der Waals surface area contributed by atoms with Gasteiger partial charge in [-0.25, -0.2) is 16.8 Å². The van der Waals surface area contributed by atoms with E-state index in [0.717, 1.165) is 12.0 Å². The van der Waals surface area contributed by atoms with Gasteiger partial charge in [-0.15, -0.1) is 0 Å². The molecule has 1 amide bonds. The molecule has 0 saturated carbocycles. The average molecular weight is 652 g/mol. The maximum atomic E-state index is 14.0. The number of rotatable bonds is 9. The number of hydrogen-bond donors (Lipinski definition) is 1. The standard InChI is InChI=1S/C33H34ClN3O5S2/c1-24-19-25(2)22-36(21-24)43(39,40)29-15-13-27(14-16-29)35-33(38)31-20-30(17-18-32(31)34)44(41,42)37(28-11-7-4-8-12-28)23-26-9-5-3-6-10-26/h3-18,20,24-25H,19,21-23H2,1-2H3,(H,35,38)/t24-,25-/m1/s1. The Labute approximate surface area is 264 Å².